The van der Waals surface area contributed by atoms with Gasteiger partial charge in [-0.05, 0) is 43.5 Å². The van der Waals surface area contributed by atoms with Crippen molar-refractivity contribution in [3.8, 4) is 17.0 Å². The van der Waals surface area contributed by atoms with E-state index in [4.69, 9.17) is 4.74 Å². The highest BCUT2D eigenvalue weighted by molar-refractivity contribution is 9.09. The van der Waals surface area contributed by atoms with Crippen LogP contribution >= 0.6 is 15.9 Å². The van der Waals surface area contributed by atoms with Crippen LogP contribution in [0.25, 0.3) is 22.2 Å². The number of alkyl halides is 1. The maximum Gasteiger partial charge on any atom is 0.254 e. The number of carbonyl (C=O) groups is 1. The van der Waals surface area contributed by atoms with Crippen LogP contribution in [0.1, 0.15) is 29.6 Å². The van der Waals surface area contributed by atoms with Gasteiger partial charge in [0, 0.05) is 28.9 Å². The fourth-order valence-corrected chi connectivity index (χ4v) is 4.20. The summed E-state index contributed by atoms with van der Waals surface area (Å²) in [6.07, 6.45) is 2.47. The molecule has 5 nitrogen and oxygen atoms in total. The summed E-state index contributed by atoms with van der Waals surface area (Å²) in [5.74, 6) is -0.152. The van der Waals surface area contributed by atoms with E-state index in [2.05, 4.69) is 20.9 Å². The van der Waals surface area contributed by atoms with Crippen molar-refractivity contribution in [1.29, 1.82) is 0 Å². The van der Waals surface area contributed by atoms with Crippen molar-refractivity contribution in [2.45, 2.75) is 25.3 Å². The molecule has 1 aliphatic heterocycles. The molecule has 1 N–H and O–H groups in total. The van der Waals surface area contributed by atoms with Crippen molar-refractivity contribution >= 4 is 32.7 Å². The molecule has 1 aromatic heterocycles. The average Bonchev–Trinajstić information content (AvgIpc) is 3.27. The molecule has 7 heteroatoms. The summed E-state index contributed by atoms with van der Waals surface area (Å²) in [6.45, 7) is 1.04. The minimum absolute atomic E-state index is 0.0627. The molecule has 2 aromatic carbocycles. The van der Waals surface area contributed by atoms with Crippen molar-refractivity contribution in [3.05, 3.63) is 59.9 Å². The molecule has 0 aliphatic carbocycles. The number of nitrogens with zero attached hydrogens (tertiary/aromatic N) is 2. The number of fused-ring (bicyclic) bond motifs is 1. The van der Waals surface area contributed by atoms with Crippen LogP contribution in [0.5, 0.6) is 5.75 Å². The topological polar surface area (TPSA) is 62.7 Å². The number of pyridine rings is 1. The molecular formula is C24H24BrFN2O3. The fraction of sp³-hybridized carbons (Fsp3) is 0.333. The number of aliphatic hydroxyl groups is 1. The lowest BCUT2D eigenvalue weighted by molar-refractivity contribution is 0.0679. The quantitative estimate of drug-likeness (QED) is 0.384. The molecule has 1 aliphatic rings. The van der Waals surface area contributed by atoms with Crippen LogP contribution in [0.15, 0.2) is 48.5 Å². The van der Waals surface area contributed by atoms with Gasteiger partial charge in [0.2, 0.25) is 0 Å². The summed E-state index contributed by atoms with van der Waals surface area (Å²) in [5.41, 5.74) is 1.80. The number of para-hydroxylation sites is 1. The van der Waals surface area contributed by atoms with Crippen LogP contribution in [-0.4, -0.2) is 52.0 Å². The Morgan fingerprint density at radius 2 is 2.10 bits per heavy atom. The zero-order chi connectivity index (χ0) is 21.8. The number of benzene rings is 2. The van der Waals surface area contributed by atoms with Gasteiger partial charge in [0.1, 0.15) is 11.6 Å². The molecular weight excluding hydrogens is 463 g/mol. The molecule has 0 spiro atoms. The molecule has 31 heavy (non-hydrogen) atoms. The van der Waals surface area contributed by atoms with Crippen molar-refractivity contribution in [3.63, 3.8) is 0 Å². The van der Waals surface area contributed by atoms with E-state index in [1.165, 1.54) is 6.07 Å². The number of aromatic nitrogens is 1. The van der Waals surface area contributed by atoms with Gasteiger partial charge in [-0.2, -0.15) is 0 Å². The molecule has 2 heterocycles. The highest BCUT2D eigenvalue weighted by atomic mass is 79.9. The smallest absolute Gasteiger partial charge is 0.254 e. The van der Waals surface area contributed by atoms with Crippen LogP contribution in [0.2, 0.25) is 0 Å². The van der Waals surface area contributed by atoms with Crippen LogP contribution in [0, 0.1) is 5.82 Å². The first-order chi connectivity index (χ1) is 15.1. The molecule has 0 bridgehead atoms. The zero-order valence-corrected chi connectivity index (χ0v) is 18.6. The number of amides is 1. The predicted molar refractivity (Wildman–Crippen MR) is 122 cm³/mol. The minimum atomic E-state index is -0.452. The number of ether oxygens (including phenoxy) is 1. The Labute approximate surface area is 189 Å². The second-order valence-corrected chi connectivity index (χ2v) is 8.38. The summed E-state index contributed by atoms with van der Waals surface area (Å²) in [7, 11) is 0. The number of rotatable bonds is 7. The first-order valence-electron chi connectivity index (χ1n) is 10.4. The molecule has 1 atom stereocenters. The SMILES string of the molecule is O=C(c1cc(-c2ccc(OCCCBr)cc2F)nc2ccccc12)N1CCCC1CO. The van der Waals surface area contributed by atoms with E-state index in [1.807, 2.05) is 24.3 Å². The molecule has 0 saturated carbocycles. The van der Waals surface area contributed by atoms with E-state index < -0.39 is 5.82 Å². The lowest BCUT2D eigenvalue weighted by atomic mass is 10.0. The molecule has 162 valence electrons. The minimum Gasteiger partial charge on any atom is -0.493 e. The summed E-state index contributed by atoms with van der Waals surface area (Å²) in [5, 5.41) is 11.2. The molecule has 1 saturated heterocycles. The zero-order valence-electron chi connectivity index (χ0n) is 17.1. The molecule has 1 fully saturated rings. The summed E-state index contributed by atoms with van der Waals surface area (Å²) < 4.78 is 20.5. The van der Waals surface area contributed by atoms with Gasteiger partial charge in [0.15, 0.2) is 0 Å². The highest BCUT2D eigenvalue weighted by Crippen LogP contribution is 2.30. The van der Waals surface area contributed by atoms with Gasteiger partial charge >= 0.3 is 0 Å². The van der Waals surface area contributed by atoms with Gasteiger partial charge in [0.25, 0.3) is 5.91 Å². The second-order valence-electron chi connectivity index (χ2n) is 7.58. The Bertz CT molecular complexity index is 1090. The van der Waals surface area contributed by atoms with Crippen molar-refractivity contribution < 1.29 is 19.0 Å². The van der Waals surface area contributed by atoms with Crippen LogP contribution < -0.4 is 4.74 Å². The monoisotopic (exact) mass is 486 g/mol. The second kappa shape index (κ2) is 9.75. The first kappa shape index (κ1) is 21.7. The van der Waals surface area contributed by atoms with Gasteiger partial charge in [0.05, 0.1) is 36.0 Å². The number of hydrogen-bond acceptors (Lipinski definition) is 4. The van der Waals surface area contributed by atoms with E-state index in [9.17, 15) is 14.3 Å². The Morgan fingerprint density at radius 1 is 1.26 bits per heavy atom. The molecule has 4 rings (SSSR count). The average molecular weight is 487 g/mol. The van der Waals surface area contributed by atoms with Gasteiger partial charge in [-0.3, -0.25) is 4.79 Å². The van der Waals surface area contributed by atoms with Crippen molar-refractivity contribution in [2.24, 2.45) is 0 Å². The van der Waals surface area contributed by atoms with E-state index >= 15 is 0 Å². The predicted octanol–water partition coefficient (Wildman–Crippen LogP) is 4.80. The fourth-order valence-electron chi connectivity index (χ4n) is 3.98. The van der Waals surface area contributed by atoms with E-state index in [-0.39, 0.29) is 18.6 Å². The number of hydrogen-bond donors (Lipinski definition) is 1. The Kier molecular flexibility index (Phi) is 6.83. The Balaban J connectivity index is 1.74. The highest BCUT2D eigenvalue weighted by Gasteiger charge is 2.30. The maximum absolute atomic E-state index is 14.9. The molecule has 1 amide bonds. The largest absolute Gasteiger partial charge is 0.493 e. The third kappa shape index (κ3) is 4.57. The molecule has 1 unspecified atom stereocenters. The van der Waals surface area contributed by atoms with Crippen molar-refractivity contribution in [1.82, 2.24) is 9.88 Å². The number of aliphatic hydroxyl groups excluding tert-OH is 1. The van der Waals surface area contributed by atoms with Crippen LogP contribution in [0.3, 0.4) is 0 Å². The molecule has 0 radical (unpaired) electrons. The van der Waals surface area contributed by atoms with Crippen LogP contribution in [0.4, 0.5) is 4.39 Å². The lowest BCUT2D eigenvalue weighted by Crippen LogP contribution is -2.37. The number of carbonyl (C=O) groups excluding carboxylic acids is 1. The van der Waals surface area contributed by atoms with E-state index in [0.717, 1.165) is 30.0 Å². The maximum atomic E-state index is 14.9. The van der Waals surface area contributed by atoms with Crippen LogP contribution in [-0.2, 0) is 0 Å². The van der Waals surface area contributed by atoms with Crippen molar-refractivity contribution in [2.75, 3.05) is 25.1 Å². The van der Waals surface area contributed by atoms with E-state index in [1.54, 1.807) is 23.1 Å². The summed E-state index contributed by atoms with van der Waals surface area (Å²) in [4.78, 5) is 19.7. The van der Waals surface area contributed by atoms with E-state index in [0.29, 0.717) is 41.2 Å². The van der Waals surface area contributed by atoms with Gasteiger partial charge in [-0.1, -0.05) is 34.1 Å². The first-order valence-corrected chi connectivity index (χ1v) is 11.5. The Morgan fingerprint density at radius 3 is 2.87 bits per heavy atom. The normalized spacial score (nSPS) is 16.1. The summed E-state index contributed by atoms with van der Waals surface area (Å²) >= 11 is 3.34. The number of halogens is 2. The lowest BCUT2D eigenvalue weighted by Gasteiger charge is -2.24. The number of likely N-dealkylation sites (tertiary alicyclic amines) is 1. The van der Waals surface area contributed by atoms with Gasteiger partial charge in [-0.25, -0.2) is 9.37 Å². The third-order valence-corrected chi connectivity index (χ3v) is 6.12. The summed E-state index contributed by atoms with van der Waals surface area (Å²) in [6, 6.07) is 13.5. The van der Waals surface area contributed by atoms with Gasteiger partial charge in [-0.15, -0.1) is 0 Å². The Hall–Kier alpha value is -2.51. The van der Waals surface area contributed by atoms with Gasteiger partial charge < -0.3 is 14.7 Å². The standard InChI is InChI=1S/C24H24BrFN2O3/c25-10-4-12-31-17-8-9-19(21(26)13-17)23-14-20(18-6-1-2-7-22(18)27-23)24(30)28-11-3-5-16(28)15-29/h1-2,6-9,13-14,16,29H,3-5,10-12,15H2. The third-order valence-electron chi connectivity index (χ3n) is 5.56. The molecule has 3 aromatic rings.